The Kier molecular flexibility index (Phi) is 2.19. The summed E-state index contributed by atoms with van der Waals surface area (Å²) in [5, 5.41) is 6.20. The van der Waals surface area contributed by atoms with E-state index in [1.807, 2.05) is 20.8 Å². The third kappa shape index (κ3) is 1.59. The Morgan fingerprint density at radius 1 is 1.27 bits per heavy atom. The molecule has 2 rings (SSSR count). The second kappa shape index (κ2) is 3.17. The first-order valence-electron chi connectivity index (χ1n) is 4.80. The van der Waals surface area contributed by atoms with Crippen molar-refractivity contribution in [3.8, 4) is 0 Å². The molecule has 80 valence electrons. The molecule has 0 fully saturated rings. The highest BCUT2D eigenvalue weighted by Crippen LogP contribution is 2.35. The predicted molar refractivity (Wildman–Crippen MR) is 65.1 cm³/mol. The lowest BCUT2D eigenvalue weighted by molar-refractivity contribution is 0.622. The van der Waals surface area contributed by atoms with E-state index in [1.165, 1.54) is 6.07 Å². The van der Waals surface area contributed by atoms with E-state index in [9.17, 15) is 4.39 Å². The lowest BCUT2D eigenvalue weighted by atomic mass is 9.99. The molecule has 0 atom stereocenters. The highest BCUT2D eigenvalue weighted by Gasteiger charge is 2.31. The van der Waals surface area contributed by atoms with Gasteiger partial charge in [0.1, 0.15) is 10.8 Å². The Morgan fingerprint density at radius 3 is 2.60 bits per heavy atom. The molecule has 0 saturated carbocycles. The second-order valence-electron chi connectivity index (χ2n) is 4.32. The number of nitrogens with one attached hydrogen (secondary N) is 2. The summed E-state index contributed by atoms with van der Waals surface area (Å²) >= 11 is 5.22. The maximum atomic E-state index is 13.6. The van der Waals surface area contributed by atoms with Crippen LogP contribution < -0.4 is 10.6 Å². The van der Waals surface area contributed by atoms with Crippen LogP contribution in [0.4, 0.5) is 15.8 Å². The maximum absolute atomic E-state index is 13.6. The van der Waals surface area contributed by atoms with E-state index in [-0.39, 0.29) is 5.82 Å². The van der Waals surface area contributed by atoms with Crippen molar-refractivity contribution < 1.29 is 4.39 Å². The zero-order valence-electron chi connectivity index (χ0n) is 8.94. The molecule has 0 saturated heterocycles. The molecule has 0 aromatic heterocycles. The molecule has 1 aromatic rings. The number of halogens is 1. The van der Waals surface area contributed by atoms with E-state index in [0.717, 1.165) is 11.3 Å². The van der Waals surface area contributed by atoms with Crippen molar-refractivity contribution in [1.82, 2.24) is 0 Å². The van der Waals surface area contributed by atoms with Crippen LogP contribution >= 0.6 is 12.2 Å². The Labute approximate surface area is 93.9 Å². The molecule has 4 heteroatoms. The zero-order valence-corrected chi connectivity index (χ0v) is 9.76. The van der Waals surface area contributed by atoms with Crippen molar-refractivity contribution in [1.29, 1.82) is 0 Å². The number of benzene rings is 1. The molecule has 0 bridgehead atoms. The quantitative estimate of drug-likeness (QED) is 0.662. The minimum absolute atomic E-state index is 0.251. The van der Waals surface area contributed by atoms with Crippen LogP contribution in [0.3, 0.4) is 0 Å². The Balaban J connectivity index is 2.59. The molecular formula is C11H13FN2S. The van der Waals surface area contributed by atoms with Crippen molar-refractivity contribution in [2.24, 2.45) is 0 Å². The minimum Gasteiger partial charge on any atom is -0.370 e. The Hall–Kier alpha value is -1.16. The van der Waals surface area contributed by atoms with Crippen LogP contribution in [-0.4, -0.2) is 10.5 Å². The standard InChI is InChI=1S/C11H13FN2S/c1-6-4-5-7(12)9-8(6)13-10(15)11(2,3)14-9/h4-5,14H,1-3H3,(H,13,15). The number of aryl methyl sites for hydroxylation is 1. The van der Waals surface area contributed by atoms with Crippen LogP contribution in [0.25, 0.3) is 0 Å². The second-order valence-corrected chi connectivity index (χ2v) is 4.73. The molecular weight excluding hydrogens is 211 g/mol. The number of thiocarbonyl (C=S) groups is 1. The first-order chi connectivity index (χ1) is 6.92. The van der Waals surface area contributed by atoms with Gasteiger partial charge in [0.05, 0.1) is 16.9 Å². The van der Waals surface area contributed by atoms with Gasteiger partial charge in [-0.2, -0.15) is 0 Å². The summed E-state index contributed by atoms with van der Waals surface area (Å²) in [7, 11) is 0. The normalized spacial score (nSPS) is 17.7. The smallest absolute Gasteiger partial charge is 0.148 e. The van der Waals surface area contributed by atoms with E-state index in [4.69, 9.17) is 12.2 Å². The lowest BCUT2D eigenvalue weighted by Gasteiger charge is -2.36. The van der Waals surface area contributed by atoms with Crippen LogP contribution in [0.15, 0.2) is 12.1 Å². The molecule has 0 radical (unpaired) electrons. The van der Waals surface area contributed by atoms with Gasteiger partial charge in [-0.1, -0.05) is 18.3 Å². The maximum Gasteiger partial charge on any atom is 0.148 e. The van der Waals surface area contributed by atoms with E-state index in [1.54, 1.807) is 6.07 Å². The summed E-state index contributed by atoms with van der Waals surface area (Å²) in [4.78, 5) is 0.684. The molecule has 0 spiro atoms. The number of fused-ring (bicyclic) bond motifs is 1. The van der Waals surface area contributed by atoms with Gasteiger partial charge in [0.25, 0.3) is 0 Å². The largest absolute Gasteiger partial charge is 0.370 e. The van der Waals surface area contributed by atoms with Crippen LogP contribution in [0.5, 0.6) is 0 Å². The van der Waals surface area contributed by atoms with Gasteiger partial charge in [-0.15, -0.1) is 0 Å². The van der Waals surface area contributed by atoms with Crippen LogP contribution in [0.2, 0.25) is 0 Å². The van der Waals surface area contributed by atoms with Gasteiger partial charge in [-0.25, -0.2) is 4.39 Å². The van der Waals surface area contributed by atoms with Gasteiger partial charge >= 0.3 is 0 Å². The summed E-state index contributed by atoms with van der Waals surface area (Å²) in [6, 6.07) is 3.21. The van der Waals surface area contributed by atoms with Crippen LogP contribution in [0.1, 0.15) is 19.4 Å². The molecule has 15 heavy (non-hydrogen) atoms. The zero-order chi connectivity index (χ0) is 11.2. The number of hydrogen-bond acceptors (Lipinski definition) is 2. The fourth-order valence-electron chi connectivity index (χ4n) is 1.60. The lowest BCUT2D eigenvalue weighted by Crippen LogP contribution is -2.46. The monoisotopic (exact) mass is 224 g/mol. The van der Waals surface area contributed by atoms with Crippen LogP contribution in [-0.2, 0) is 0 Å². The minimum atomic E-state index is -0.406. The van der Waals surface area contributed by atoms with Gasteiger partial charge in [0.2, 0.25) is 0 Å². The topological polar surface area (TPSA) is 24.1 Å². The van der Waals surface area contributed by atoms with E-state index >= 15 is 0 Å². The number of rotatable bonds is 0. The van der Waals surface area contributed by atoms with Crippen molar-refractivity contribution in [2.75, 3.05) is 10.6 Å². The van der Waals surface area contributed by atoms with Gasteiger partial charge < -0.3 is 10.6 Å². The first kappa shape index (κ1) is 10.4. The summed E-state index contributed by atoms with van der Waals surface area (Å²) in [6.07, 6.45) is 0. The third-order valence-electron chi connectivity index (χ3n) is 2.61. The average Bonchev–Trinajstić information content (AvgIpc) is 2.15. The molecule has 2 N–H and O–H groups in total. The summed E-state index contributed by atoms with van der Waals surface area (Å²) < 4.78 is 13.6. The van der Waals surface area contributed by atoms with Crippen LogP contribution in [0, 0.1) is 12.7 Å². The molecule has 1 aliphatic heterocycles. The molecule has 1 heterocycles. The van der Waals surface area contributed by atoms with Gasteiger partial charge in [0, 0.05) is 0 Å². The van der Waals surface area contributed by atoms with Gasteiger partial charge in [0.15, 0.2) is 0 Å². The van der Waals surface area contributed by atoms with Crippen molar-refractivity contribution in [3.05, 3.63) is 23.5 Å². The number of hydrogen-bond donors (Lipinski definition) is 2. The fourth-order valence-corrected chi connectivity index (χ4v) is 1.76. The molecule has 0 aliphatic carbocycles. The third-order valence-corrected chi connectivity index (χ3v) is 3.22. The first-order valence-corrected chi connectivity index (χ1v) is 5.21. The molecule has 0 amide bonds. The number of anilines is 2. The van der Waals surface area contributed by atoms with Gasteiger partial charge in [-0.05, 0) is 32.4 Å². The summed E-state index contributed by atoms with van der Waals surface area (Å²) in [6.45, 7) is 5.77. The van der Waals surface area contributed by atoms with Crippen molar-refractivity contribution >= 4 is 28.6 Å². The van der Waals surface area contributed by atoms with E-state index < -0.39 is 5.54 Å². The van der Waals surface area contributed by atoms with Crippen molar-refractivity contribution in [2.45, 2.75) is 26.3 Å². The highest BCUT2D eigenvalue weighted by atomic mass is 32.1. The average molecular weight is 224 g/mol. The fraction of sp³-hybridized carbons (Fsp3) is 0.364. The Bertz CT molecular complexity index is 440. The summed E-state index contributed by atoms with van der Waals surface area (Å²) in [5.74, 6) is -0.251. The molecule has 2 nitrogen and oxygen atoms in total. The highest BCUT2D eigenvalue weighted by molar-refractivity contribution is 7.80. The predicted octanol–water partition coefficient (Wildman–Crippen LogP) is 3.08. The van der Waals surface area contributed by atoms with Gasteiger partial charge in [-0.3, -0.25) is 0 Å². The SMILES string of the molecule is Cc1ccc(F)c2c1NC(=S)C(C)(C)N2. The molecule has 1 aliphatic rings. The van der Waals surface area contributed by atoms with Crippen molar-refractivity contribution in [3.63, 3.8) is 0 Å². The molecule has 0 unspecified atom stereocenters. The van der Waals surface area contributed by atoms with E-state index in [2.05, 4.69) is 10.6 Å². The molecule has 1 aromatic carbocycles. The summed E-state index contributed by atoms with van der Waals surface area (Å²) in [5.41, 5.74) is 1.83. The Morgan fingerprint density at radius 2 is 1.93 bits per heavy atom. The van der Waals surface area contributed by atoms with E-state index in [0.29, 0.717) is 10.7 Å².